The summed E-state index contributed by atoms with van der Waals surface area (Å²) in [6.45, 7) is 0.244. The van der Waals surface area contributed by atoms with Gasteiger partial charge < -0.3 is 5.11 Å². The van der Waals surface area contributed by atoms with Gasteiger partial charge >= 0.3 is 0 Å². The van der Waals surface area contributed by atoms with Crippen LogP contribution in [0.4, 0.5) is 0 Å². The van der Waals surface area contributed by atoms with Crippen molar-refractivity contribution in [3.8, 4) is 0 Å². The standard InChI is InChI=1S/C6H10Cl2O/c7-6(8)4-2-1-3-5-9/h4,9H,1-3,5H2. The molecule has 1 nitrogen and oxygen atoms in total. The Kier molecular flexibility index (Phi) is 6.60. The third kappa shape index (κ3) is 8.28. The lowest BCUT2D eigenvalue weighted by atomic mass is 10.2. The molecule has 0 heterocycles. The number of allylic oxidation sites excluding steroid dienone is 1. The van der Waals surface area contributed by atoms with E-state index in [-0.39, 0.29) is 6.61 Å². The molecule has 0 unspecified atom stereocenters. The van der Waals surface area contributed by atoms with E-state index in [1.165, 1.54) is 0 Å². The Hall–Kier alpha value is 0.280. The first-order chi connectivity index (χ1) is 4.27. The van der Waals surface area contributed by atoms with Crippen LogP contribution in [0.2, 0.25) is 0 Å². The molecule has 3 heteroatoms. The number of hydrogen-bond donors (Lipinski definition) is 1. The van der Waals surface area contributed by atoms with E-state index in [1.54, 1.807) is 6.08 Å². The second-order valence-corrected chi connectivity index (χ2v) is 2.72. The zero-order valence-corrected chi connectivity index (χ0v) is 6.62. The van der Waals surface area contributed by atoms with Gasteiger partial charge in [-0.25, -0.2) is 0 Å². The van der Waals surface area contributed by atoms with Crippen LogP contribution < -0.4 is 0 Å². The minimum absolute atomic E-state index is 0.244. The quantitative estimate of drug-likeness (QED) is 0.641. The number of aliphatic hydroxyl groups excluding tert-OH is 1. The van der Waals surface area contributed by atoms with Crippen molar-refractivity contribution in [2.45, 2.75) is 19.3 Å². The zero-order valence-electron chi connectivity index (χ0n) is 5.11. The number of halogens is 2. The normalized spacial score (nSPS) is 9.22. The van der Waals surface area contributed by atoms with Gasteiger partial charge in [-0.05, 0) is 19.3 Å². The van der Waals surface area contributed by atoms with Crippen molar-refractivity contribution < 1.29 is 5.11 Å². The Morgan fingerprint density at radius 1 is 1.33 bits per heavy atom. The first kappa shape index (κ1) is 9.28. The lowest BCUT2D eigenvalue weighted by Gasteiger charge is -1.89. The predicted molar refractivity (Wildman–Crippen MR) is 40.7 cm³/mol. The highest BCUT2D eigenvalue weighted by atomic mass is 35.5. The summed E-state index contributed by atoms with van der Waals surface area (Å²) in [6.07, 6.45) is 4.35. The van der Waals surface area contributed by atoms with Crippen molar-refractivity contribution >= 4 is 23.2 Å². The molecule has 0 aliphatic heterocycles. The molecule has 0 aromatic carbocycles. The van der Waals surface area contributed by atoms with Crippen LogP contribution in [0, 0.1) is 0 Å². The van der Waals surface area contributed by atoms with Crippen LogP contribution in [0.5, 0.6) is 0 Å². The van der Waals surface area contributed by atoms with Crippen molar-refractivity contribution in [2.24, 2.45) is 0 Å². The zero-order chi connectivity index (χ0) is 7.11. The summed E-state index contributed by atoms with van der Waals surface area (Å²) in [5.74, 6) is 0. The molecule has 0 atom stereocenters. The summed E-state index contributed by atoms with van der Waals surface area (Å²) >= 11 is 10.6. The number of unbranched alkanes of at least 4 members (excludes halogenated alkanes) is 2. The van der Waals surface area contributed by atoms with Crippen LogP contribution in [0.15, 0.2) is 10.6 Å². The molecule has 1 N–H and O–H groups in total. The van der Waals surface area contributed by atoms with Crippen LogP contribution in [0.1, 0.15) is 19.3 Å². The van der Waals surface area contributed by atoms with Crippen molar-refractivity contribution in [2.75, 3.05) is 6.61 Å². The predicted octanol–water partition coefficient (Wildman–Crippen LogP) is 2.47. The average molecular weight is 169 g/mol. The van der Waals surface area contributed by atoms with Crippen LogP contribution >= 0.6 is 23.2 Å². The fourth-order valence-corrected chi connectivity index (χ4v) is 0.686. The Bertz CT molecular complexity index is 87.1. The molecule has 0 radical (unpaired) electrons. The molecular weight excluding hydrogens is 159 g/mol. The fourth-order valence-electron chi connectivity index (χ4n) is 0.467. The highest BCUT2D eigenvalue weighted by Gasteiger charge is 1.84. The molecule has 9 heavy (non-hydrogen) atoms. The van der Waals surface area contributed by atoms with Gasteiger partial charge in [-0.2, -0.15) is 0 Å². The van der Waals surface area contributed by atoms with E-state index < -0.39 is 0 Å². The number of aliphatic hydroxyl groups is 1. The number of hydrogen-bond acceptors (Lipinski definition) is 1. The lowest BCUT2D eigenvalue weighted by molar-refractivity contribution is 0.285. The van der Waals surface area contributed by atoms with Gasteiger partial charge in [-0.15, -0.1) is 0 Å². The monoisotopic (exact) mass is 168 g/mol. The Morgan fingerprint density at radius 2 is 2.00 bits per heavy atom. The maximum Gasteiger partial charge on any atom is 0.102 e. The number of rotatable bonds is 4. The molecule has 0 bridgehead atoms. The van der Waals surface area contributed by atoms with E-state index in [0.717, 1.165) is 19.3 Å². The molecule has 0 fully saturated rings. The van der Waals surface area contributed by atoms with E-state index >= 15 is 0 Å². The summed E-state index contributed by atoms with van der Waals surface area (Å²) in [4.78, 5) is 0. The first-order valence-electron chi connectivity index (χ1n) is 2.89. The molecule has 0 aliphatic carbocycles. The molecule has 0 aromatic rings. The van der Waals surface area contributed by atoms with Crippen LogP contribution in [0.25, 0.3) is 0 Å². The Labute approximate surface area is 65.3 Å². The highest BCUT2D eigenvalue weighted by molar-refractivity contribution is 6.55. The smallest absolute Gasteiger partial charge is 0.102 e. The topological polar surface area (TPSA) is 20.2 Å². The third-order valence-electron chi connectivity index (χ3n) is 0.911. The second kappa shape index (κ2) is 6.40. The largest absolute Gasteiger partial charge is 0.396 e. The second-order valence-electron chi connectivity index (χ2n) is 1.71. The average Bonchev–Trinajstić information content (AvgIpc) is 1.80. The van der Waals surface area contributed by atoms with Crippen molar-refractivity contribution in [3.05, 3.63) is 10.6 Å². The van der Waals surface area contributed by atoms with Gasteiger partial charge in [-0.1, -0.05) is 29.3 Å². The summed E-state index contributed by atoms with van der Waals surface area (Å²) < 4.78 is 0.313. The fraction of sp³-hybridized carbons (Fsp3) is 0.667. The molecule has 0 aromatic heterocycles. The molecule has 54 valence electrons. The van der Waals surface area contributed by atoms with Crippen molar-refractivity contribution in [1.82, 2.24) is 0 Å². The van der Waals surface area contributed by atoms with E-state index in [9.17, 15) is 0 Å². The molecule has 0 saturated heterocycles. The SMILES string of the molecule is OCCCCC=C(Cl)Cl. The van der Waals surface area contributed by atoms with Crippen LogP contribution in [0.3, 0.4) is 0 Å². The van der Waals surface area contributed by atoms with E-state index in [2.05, 4.69) is 0 Å². The molecule has 0 aliphatic rings. The van der Waals surface area contributed by atoms with Gasteiger partial charge in [0.2, 0.25) is 0 Å². The summed E-state index contributed by atoms with van der Waals surface area (Å²) in [5, 5.41) is 8.34. The van der Waals surface area contributed by atoms with Gasteiger partial charge in [0.15, 0.2) is 0 Å². The van der Waals surface area contributed by atoms with Gasteiger partial charge in [0.1, 0.15) is 4.49 Å². The summed E-state index contributed by atoms with van der Waals surface area (Å²) in [7, 11) is 0. The summed E-state index contributed by atoms with van der Waals surface area (Å²) in [5.41, 5.74) is 0. The minimum atomic E-state index is 0.244. The first-order valence-corrected chi connectivity index (χ1v) is 3.65. The van der Waals surface area contributed by atoms with Crippen molar-refractivity contribution in [1.29, 1.82) is 0 Å². The lowest BCUT2D eigenvalue weighted by Crippen LogP contribution is -1.80. The van der Waals surface area contributed by atoms with Crippen LogP contribution in [-0.4, -0.2) is 11.7 Å². The van der Waals surface area contributed by atoms with Crippen LogP contribution in [-0.2, 0) is 0 Å². The Balaban J connectivity index is 3.00. The Morgan fingerprint density at radius 3 is 2.44 bits per heavy atom. The maximum absolute atomic E-state index is 8.34. The van der Waals surface area contributed by atoms with E-state index in [1.807, 2.05) is 0 Å². The van der Waals surface area contributed by atoms with Crippen molar-refractivity contribution in [3.63, 3.8) is 0 Å². The minimum Gasteiger partial charge on any atom is -0.396 e. The molecular formula is C6H10Cl2O. The molecule has 0 amide bonds. The third-order valence-corrected chi connectivity index (χ3v) is 1.22. The van der Waals surface area contributed by atoms with Gasteiger partial charge in [0.05, 0.1) is 0 Å². The maximum atomic E-state index is 8.34. The van der Waals surface area contributed by atoms with Gasteiger partial charge in [0.25, 0.3) is 0 Å². The van der Waals surface area contributed by atoms with Gasteiger partial charge in [0, 0.05) is 6.61 Å². The molecule has 0 rings (SSSR count). The van der Waals surface area contributed by atoms with E-state index in [4.69, 9.17) is 28.3 Å². The molecule has 0 saturated carbocycles. The van der Waals surface area contributed by atoms with Gasteiger partial charge in [-0.3, -0.25) is 0 Å². The summed E-state index contributed by atoms with van der Waals surface area (Å²) in [6, 6.07) is 0. The molecule has 0 spiro atoms. The van der Waals surface area contributed by atoms with E-state index in [0.29, 0.717) is 4.49 Å². The highest BCUT2D eigenvalue weighted by Crippen LogP contribution is 2.08.